The number of pyridine rings is 1. The second-order valence-corrected chi connectivity index (χ2v) is 4.45. The van der Waals surface area contributed by atoms with Gasteiger partial charge in [0.1, 0.15) is 0 Å². The third-order valence-electron chi connectivity index (χ3n) is 2.59. The average Bonchev–Trinajstić information content (AvgIpc) is 2.42. The molecule has 0 atom stereocenters. The maximum absolute atomic E-state index is 12.0. The lowest BCUT2D eigenvalue weighted by molar-refractivity contribution is 0.0692. The molecule has 1 rings (SSSR count). The van der Waals surface area contributed by atoms with Gasteiger partial charge < -0.3 is 14.8 Å². The monoisotopic (exact) mass is 266 g/mol. The largest absolute Gasteiger partial charge is 0.382 e. The molecule has 0 aromatic carbocycles. The lowest BCUT2D eigenvalue weighted by atomic mass is 10.0. The van der Waals surface area contributed by atoms with E-state index in [2.05, 4.69) is 10.3 Å². The lowest BCUT2D eigenvalue weighted by Crippen LogP contribution is -2.28. The molecule has 106 valence electrons. The zero-order chi connectivity index (χ0) is 14.1. The lowest BCUT2D eigenvalue weighted by Gasteiger charge is -2.11. The SMILES string of the molecule is COCCOCCNC(=O)c1cccnc1C(C)C. The fourth-order valence-electron chi connectivity index (χ4n) is 1.65. The van der Waals surface area contributed by atoms with Gasteiger partial charge >= 0.3 is 0 Å². The van der Waals surface area contributed by atoms with Crippen LogP contribution in [0, 0.1) is 0 Å². The summed E-state index contributed by atoms with van der Waals surface area (Å²) in [6.07, 6.45) is 1.71. The Morgan fingerprint density at radius 3 is 2.84 bits per heavy atom. The van der Waals surface area contributed by atoms with Gasteiger partial charge in [-0.05, 0) is 18.1 Å². The van der Waals surface area contributed by atoms with E-state index in [0.29, 0.717) is 31.9 Å². The molecule has 0 saturated heterocycles. The second-order valence-electron chi connectivity index (χ2n) is 4.45. The van der Waals surface area contributed by atoms with Crippen LogP contribution in [0.3, 0.4) is 0 Å². The molecule has 0 radical (unpaired) electrons. The number of carbonyl (C=O) groups excluding carboxylic acids is 1. The minimum Gasteiger partial charge on any atom is -0.382 e. The zero-order valence-electron chi connectivity index (χ0n) is 11.8. The number of hydrogen-bond acceptors (Lipinski definition) is 4. The highest BCUT2D eigenvalue weighted by atomic mass is 16.5. The predicted octanol–water partition coefficient (Wildman–Crippen LogP) is 1.60. The Morgan fingerprint density at radius 1 is 1.37 bits per heavy atom. The molecule has 0 aliphatic rings. The highest BCUT2D eigenvalue weighted by molar-refractivity contribution is 5.95. The van der Waals surface area contributed by atoms with Crippen LogP contribution < -0.4 is 5.32 Å². The number of rotatable bonds is 8. The van der Waals surface area contributed by atoms with Crippen LogP contribution in [-0.4, -0.2) is 44.4 Å². The van der Waals surface area contributed by atoms with Crippen molar-refractivity contribution < 1.29 is 14.3 Å². The van der Waals surface area contributed by atoms with Gasteiger partial charge in [0, 0.05) is 19.9 Å². The summed E-state index contributed by atoms with van der Waals surface area (Å²) >= 11 is 0. The number of methoxy groups -OCH3 is 1. The molecule has 19 heavy (non-hydrogen) atoms. The number of hydrogen-bond donors (Lipinski definition) is 1. The summed E-state index contributed by atoms with van der Waals surface area (Å²) in [6.45, 7) is 6.10. The van der Waals surface area contributed by atoms with E-state index in [-0.39, 0.29) is 11.8 Å². The van der Waals surface area contributed by atoms with Crippen molar-refractivity contribution in [1.82, 2.24) is 10.3 Å². The number of amides is 1. The molecule has 1 amide bonds. The van der Waals surface area contributed by atoms with Crippen molar-refractivity contribution >= 4 is 5.91 Å². The van der Waals surface area contributed by atoms with Crippen molar-refractivity contribution in [2.75, 3.05) is 33.5 Å². The number of aromatic nitrogens is 1. The van der Waals surface area contributed by atoms with Gasteiger partial charge in [-0.3, -0.25) is 9.78 Å². The molecule has 0 aliphatic heterocycles. The summed E-state index contributed by atoms with van der Waals surface area (Å²) < 4.78 is 10.1. The Balaban J connectivity index is 2.41. The van der Waals surface area contributed by atoms with E-state index in [9.17, 15) is 4.79 Å². The highest BCUT2D eigenvalue weighted by Crippen LogP contribution is 2.15. The van der Waals surface area contributed by atoms with Crippen molar-refractivity contribution in [3.63, 3.8) is 0 Å². The Morgan fingerprint density at radius 2 is 2.16 bits per heavy atom. The van der Waals surface area contributed by atoms with Crippen LogP contribution in [0.15, 0.2) is 18.3 Å². The maximum atomic E-state index is 12.0. The first-order chi connectivity index (χ1) is 9.16. The predicted molar refractivity (Wildman–Crippen MR) is 73.4 cm³/mol. The number of nitrogens with one attached hydrogen (secondary N) is 1. The molecular formula is C14H22N2O3. The third kappa shape index (κ3) is 5.36. The van der Waals surface area contributed by atoms with Gasteiger partial charge in [-0.15, -0.1) is 0 Å². The highest BCUT2D eigenvalue weighted by Gasteiger charge is 2.13. The van der Waals surface area contributed by atoms with Crippen molar-refractivity contribution in [1.29, 1.82) is 0 Å². The first-order valence-corrected chi connectivity index (χ1v) is 6.46. The molecular weight excluding hydrogens is 244 g/mol. The van der Waals surface area contributed by atoms with E-state index in [4.69, 9.17) is 9.47 Å². The van der Waals surface area contributed by atoms with E-state index in [1.54, 1.807) is 25.4 Å². The molecule has 0 bridgehead atoms. The van der Waals surface area contributed by atoms with Crippen LogP contribution in [0.5, 0.6) is 0 Å². The van der Waals surface area contributed by atoms with Gasteiger partial charge in [-0.25, -0.2) is 0 Å². The maximum Gasteiger partial charge on any atom is 0.253 e. The molecule has 5 nitrogen and oxygen atoms in total. The van der Waals surface area contributed by atoms with Crippen LogP contribution in [0.25, 0.3) is 0 Å². The third-order valence-corrected chi connectivity index (χ3v) is 2.59. The van der Waals surface area contributed by atoms with Gasteiger partial charge in [-0.2, -0.15) is 0 Å². The number of carbonyl (C=O) groups is 1. The van der Waals surface area contributed by atoms with Crippen molar-refractivity contribution in [3.8, 4) is 0 Å². The molecule has 0 aliphatic carbocycles. The summed E-state index contributed by atoms with van der Waals surface area (Å²) in [5, 5.41) is 2.83. The molecule has 1 heterocycles. The normalized spacial score (nSPS) is 10.7. The van der Waals surface area contributed by atoms with Crippen LogP contribution in [0.4, 0.5) is 0 Å². The molecule has 0 fully saturated rings. The van der Waals surface area contributed by atoms with Crippen molar-refractivity contribution in [2.45, 2.75) is 19.8 Å². The van der Waals surface area contributed by atoms with Gasteiger partial charge in [-0.1, -0.05) is 13.8 Å². The minimum absolute atomic E-state index is 0.104. The molecule has 5 heteroatoms. The van der Waals surface area contributed by atoms with E-state index in [1.807, 2.05) is 13.8 Å². The van der Waals surface area contributed by atoms with Crippen molar-refractivity contribution in [3.05, 3.63) is 29.6 Å². The smallest absolute Gasteiger partial charge is 0.253 e. The summed E-state index contributed by atoms with van der Waals surface area (Å²) in [4.78, 5) is 16.3. The van der Waals surface area contributed by atoms with E-state index in [1.165, 1.54) is 0 Å². The fraction of sp³-hybridized carbons (Fsp3) is 0.571. The van der Waals surface area contributed by atoms with Gasteiger partial charge in [0.2, 0.25) is 0 Å². The quantitative estimate of drug-likeness (QED) is 0.726. The Kier molecular flexibility index (Phi) is 7.07. The summed E-state index contributed by atoms with van der Waals surface area (Å²) in [7, 11) is 1.63. The fourth-order valence-corrected chi connectivity index (χ4v) is 1.65. The summed E-state index contributed by atoms with van der Waals surface area (Å²) in [5.41, 5.74) is 1.45. The zero-order valence-corrected chi connectivity index (χ0v) is 11.8. The van der Waals surface area contributed by atoms with Gasteiger partial charge in [0.25, 0.3) is 5.91 Å². The minimum atomic E-state index is -0.104. The van der Waals surface area contributed by atoms with Gasteiger partial charge in [0.15, 0.2) is 0 Å². The molecule has 0 unspecified atom stereocenters. The average molecular weight is 266 g/mol. The topological polar surface area (TPSA) is 60.5 Å². The Labute approximate surface area is 114 Å². The van der Waals surface area contributed by atoms with Crippen LogP contribution in [0.1, 0.15) is 35.8 Å². The van der Waals surface area contributed by atoms with E-state index in [0.717, 1.165) is 5.69 Å². The molecule has 0 spiro atoms. The first kappa shape index (κ1) is 15.6. The van der Waals surface area contributed by atoms with Crippen LogP contribution in [0.2, 0.25) is 0 Å². The molecule has 1 aromatic heterocycles. The van der Waals surface area contributed by atoms with Crippen molar-refractivity contribution in [2.24, 2.45) is 0 Å². The molecule has 0 saturated carbocycles. The standard InChI is InChI=1S/C14H22N2O3/c1-11(2)13-12(5-4-6-15-13)14(17)16-7-8-19-10-9-18-3/h4-6,11H,7-10H2,1-3H3,(H,16,17). The van der Waals surface area contributed by atoms with E-state index >= 15 is 0 Å². The molecule has 1 N–H and O–H groups in total. The number of nitrogens with zero attached hydrogens (tertiary/aromatic N) is 1. The first-order valence-electron chi connectivity index (χ1n) is 6.46. The second kappa shape index (κ2) is 8.61. The Hall–Kier alpha value is -1.46. The summed E-state index contributed by atoms with van der Waals surface area (Å²) in [5.74, 6) is 0.118. The Bertz CT molecular complexity index is 394. The van der Waals surface area contributed by atoms with E-state index < -0.39 is 0 Å². The van der Waals surface area contributed by atoms with Gasteiger partial charge in [0.05, 0.1) is 31.1 Å². The van der Waals surface area contributed by atoms with Crippen LogP contribution >= 0.6 is 0 Å². The number of ether oxygens (including phenoxy) is 2. The molecule has 1 aromatic rings. The van der Waals surface area contributed by atoms with Crippen LogP contribution in [-0.2, 0) is 9.47 Å². The summed E-state index contributed by atoms with van der Waals surface area (Å²) in [6, 6.07) is 3.57.